The monoisotopic (exact) mass is 506 g/mol. The van der Waals surface area contributed by atoms with Crippen molar-refractivity contribution in [3.05, 3.63) is 41.7 Å². The summed E-state index contributed by atoms with van der Waals surface area (Å²) < 4.78 is 64.7. The van der Waals surface area contributed by atoms with Gasteiger partial charge in [0, 0.05) is 36.7 Å². The molecule has 1 fully saturated rings. The number of nitrogens with two attached hydrogens (primary N) is 1. The van der Waals surface area contributed by atoms with Crippen molar-refractivity contribution < 1.29 is 31.7 Å². The summed E-state index contributed by atoms with van der Waals surface area (Å²) in [5.41, 5.74) is 2.64. The number of carbonyl (C=O) groups excluding carboxylic acids is 3. The molecule has 0 unspecified atom stereocenters. The molecule has 0 atom stereocenters. The van der Waals surface area contributed by atoms with Crippen LogP contribution in [0, 0.1) is 0 Å². The average Bonchev–Trinajstić information content (AvgIpc) is 3.21. The van der Waals surface area contributed by atoms with Crippen molar-refractivity contribution in [2.45, 2.75) is 32.5 Å². The number of hydrogen-bond donors (Lipinski definition) is 2. The molecule has 0 bridgehead atoms. The van der Waals surface area contributed by atoms with Crippen molar-refractivity contribution in [3.63, 3.8) is 0 Å². The maximum Gasteiger partial charge on any atom is 0.418 e. The number of rotatable bonds is 3. The molecule has 1 aromatic carbocycles. The summed E-state index contributed by atoms with van der Waals surface area (Å²) in [6.07, 6.45) is -3.81. The van der Waals surface area contributed by atoms with Crippen LogP contribution in [0.4, 0.5) is 24.7 Å². The Morgan fingerprint density at radius 1 is 1.22 bits per heavy atom. The molecule has 190 valence electrons. The van der Waals surface area contributed by atoms with Gasteiger partial charge < -0.3 is 20.9 Å². The van der Waals surface area contributed by atoms with E-state index in [9.17, 15) is 27.6 Å². The van der Waals surface area contributed by atoms with Crippen LogP contribution < -0.4 is 16.0 Å². The number of nitrogen functional groups attached to an aromatic ring is 1. The molecule has 10 nitrogen and oxygen atoms in total. The number of alkyl halides is 3. The van der Waals surface area contributed by atoms with Crippen LogP contribution in [0.1, 0.15) is 40.8 Å². The van der Waals surface area contributed by atoms with Crippen molar-refractivity contribution >= 4 is 34.7 Å². The van der Waals surface area contributed by atoms with Gasteiger partial charge in [0.1, 0.15) is 17.4 Å². The first kappa shape index (κ1) is 21.1. The number of amides is 3. The van der Waals surface area contributed by atoms with E-state index < -0.39 is 47.4 Å². The van der Waals surface area contributed by atoms with E-state index in [1.54, 1.807) is 0 Å². The number of aromatic nitrogens is 3. The fraction of sp³-hybridized carbons (Fsp3) is 0.348. The Labute approximate surface area is 208 Å². The third kappa shape index (κ3) is 3.89. The molecular formula is C23H24F3N7O3. The average molecular weight is 507 g/mol. The molecule has 13 heteroatoms. The highest BCUT2D eigenvalue weighted by Crippen LogP contribution is 2.40. The van der Waals surface area contributed by atoms with Gasteiger partial charge in [0.2, 0.25) is 5.91 Å². The lowest BCUT2D eigenvalue weighted by Gasteiger charge is -2.45. The number of benzene rings is 1. The highest BCUT2D eigenvalue weighted by atomic mass is 19.4. The van der Waals surface area contributed by atoms with Crippen LogP contribution in [-0.4, -0.2) is 62.8 Å². The first-order chi connectivity index (χ1) is 17.9. The number of fused-ring (bicyclic) bond motifs is 1. The van der Waals surface area contributed by atoms with E-state index >= 15 is 0 Å². The third-order valence-electron chi connectivity index (χ3n) is 6.20. The van der Waals surface area contributed by atoms with Gasteiger partial charge in [-0.3, -0.25) is 14.4 Å². The van der Waals surface area contributed by atoms with E-state index in [-0.39, 0.29) is 41.5 Å². The summed E-state index contributed by atoms with van der Waals surface area (Å²) in [4.78, 5) is 44.8. The van der Waals surface area contributed by atoms with Crippen LogP contribution in [0.5, 0.6) is 0 Å². The Kier molecular flexibility index (Phi) is 4.99. The molecule has 1 aliphatic heterocycles. The van der Waals surface area contributed by atoms with Gasteiger partial charge in [0.25, 0.3) is 11.8 Å². The number of hydrogen-bond acceptors (Lipinski definition) is 6. The molecule has 0 aliphatic carbocycles. The number of anilines is 2. The zero-order valence-corrected chi connectivity index (χ0v) is 19.5. The lowest BCUT2D eigenvalue weighted by molar-refractivity contribution is -0.145. The molecule has 0 spiro atoms. The number of piperazine rings is 1. The Morgan fingerprint density at radius 2 is 1.94 bits per heavy atom. The van der Waals surface area contributed by atoms with Gasteiger partial charge in [0.15, 0.2) is 5.82 Å². The molecule has 0 radical (unpaired) electrons. The molecule has 3 aromatic rings. The number of carbonyl (C=O) groups is 3. The van der Waals surface area contributed by atoms with Gasteiger partial charge in [-0.2, -0.15) is 18.3 Å². The van der Waals surface area contributed by atoms with Crippen molar-refractivity contribution in [3.8, 4) is 11.3 Å². The summed E-state index contributed by atoms with van der Waals surface area (Å²) in [5, 5.41) is 5.78. The number of halogens is 3. The molecule has 3 amide bonds. The lowest BCUT2D eigenvalue weighted by atomic mass is 9.95. The maximum atomic E-state index is 13.8. The third-order valence-corrected chi connectivity index (χ3v) is 6.20. The summed E-state index contributed by atoms with van der Waals surface area (Å²) in [6, 6.07) is 4.63. The first-order valence-electron chi connectivity index (χ1n) is 12.2. The summed E-state index contributed by atoms with van der Waals surface area (Å²) >= 11 is 0. The molecular weight excluding hydrogens is 479 g/mol. The van der Waals surface area contributed by atoms with Crippen LogP contribution >= 0.6 is 0 Å². The van der Waals surface area contributed by atoms with E-state index in [2.05, 4.69) is 10.1 Å². The standard InChI is InChI=1S/C23H24F3N7O3/c1-12(34)32-8-7-31(21(36)22(32,2)3)17-9-13(5-6-14(17)20(35)28-4)16-10-15(23(24,25)26)18-19(27)29-11-30-33(16)18/h5-6,9-11H,7-8H2,1-4H3,(H,28,35)(H2,27,29,30)/i4D3. The summed E-state index contributed by atoms with van der Waals surface area (Å²) in [6.45, 7) is 1.53. The van der Waals surface area contributed by atoms with Crippen LogP contribution in [0.15, 0.2) is 30.6 Å². The van der Waals surface area contributed by atoms with Crippen molar-refractivity contribution in [1.82, 2.24) is 24.8 Å². The van der Waals surface area contributed by atoms with E-state index in [0.29, 0.717) is 0 Å². The minimum absolute atomic E-state index is 0.0546. The van der Waals surface area contributed by atoms with E-state index in [1.165, 1.54) is 48.8 Å². The van der Waals surface area contributed by atoms with Crippen LogP contribution in [0.3, 0.4) is 0 Å². The molecule has 1 aliphatic rings. The van der Waals surface area contributed by atoms with Gasteiger partial charge in [-0.05, 0) is 32.0 Å². The number of nitrogens with zero attached hydrogens (tertiary/aromatic N) is 5. The van der Waals surface area contributed by atoms with Crippen LogP contribution in [0.25, 0.3) is 16.8 Å². The molecule has 4 rings (SSSR count). The van der Waals surface area contributed by atoms with Crippen LogP contribution in [-0.2, 0) is 15.8 Å². The predicted octanol–water partition coefficient (Wildman–Crippen LogP) is 2.33. The normalized spacial score (nSPS) is 17.5. The van der Waals surface area contributed by atoms with E-state index in [0.717, 1.165) is 16.9 Å². The highest BCUT2D eigenvalue weighted by Gasteiger charge is 2.44. The molecule has 2 aromatic heterocycles. The Bertz CT molecular complexity index is 1500. The maximum absolute atomic E-state index is 13.8. The fourth-order valence-corrected chi connectivity index (χ4v) is 4.47. The smallest absolute Gasteiger partial charge is 0.382 e. The number of nitrogens with one attached hydrogen (secondary N) is 1. The van der Waals surface area contributed by atoms with Gasteiger partial charge in [-0.15, -0.1) is 0 Å². The van der Waals surface area contributed by atoms with Gasteiger partial charge in [-0.1, -0.05) is 6.07 Å². The topological polar surface area (TPSA) is 126 Å². The van der Waals surface area contributed by atoms with Gasteiger partial charge in [0.05, 0.1) is 22.5 Å². The molecule has 36 heavy (non-hydrogen) atoms. The van der Waals surface area contributed by atoms with Gasteiger partial charge in [-0.25, -0.2) is 9.50 Å². The van der Waals surface area contributed by atoms with Gasteiger partial charge >= 0.3 is 6.18 Å². The molecule has 3 N–H and O–H groups in total. The largest absolute Gasteiger partial charge is 0.418 e. The predicted molar refractivity (Wildman–Crippen MR) is 125 cm³/mol. The SMILES string of the molecule is [2H]C([2H])([2H])NC(=O)c1ccc(-c2cc(C(F)(F)F)c3c(N)ncnn23)cc1N1CCN(C(C)=O)C(C)(C)C1=O. The van der Waals surface area contributed by atoms with Crippen molar-refractivity contribution in [2.75, 3.05) is 30.7 Å². The molecule has 3 heterocycles. The molecule has 1 saturated heterocycles. The first-order valence-corrected chi connectivity index (χ1v) is 10.7. The second kappa shape index (κ2) is 8.50. The lowest BCUT2D eigenvalue weighted by Crippen LogP contribution is -2.64. The summed E-state index contributed by atoms with van der Waals surface area (Å²) in [5.74, 6) is -2.36. The van der Waals surface area contributed by atoms with Crippen molar-refractivity contribution in [1.29, 1.82) is 0 Å². The van der Waals surface area contributed by atoms with Crippen LogP contribution in [0.2, 0.25) is 0 Å². The van der Waals surface area contributed by atoms with E-state index in [1.807, 2.05) is 5.32 Å². The highest BCUT2D eigenvalue weighted by molar-refractivity contribution is 6.09. The minimum atomic E-state index is -4.80. The quantitative estimate of drug-likeness (QED) is 0.562. The Hall–Kier alpha value is -4.16. The second-order valence-electron chi connectivity index (χ2n) is 8.72. The molecule has 0 saturated carbocycles. The van der Waals surface area contributed by atoms with E-state index in [4.69, 9.17) is 9.85 Å². The second-order valence-corrected chi connectivity index (χ2v) is 8.72. The minimum Gasteiger partial charge on any atom is -0.382 e. The fourth-order valence-electron chi connectivity index (χ4n) is 4.47. The summed E-state index contributed by atoms with van der Waals surface area (Å²) in [7, 11) is 0. The Balaban J connectivity index is 1.93. The van der Waals surface area contributed by atoms with Crippen molar-refractivity contribution in [2.24, 2.45) is 0 Å². The Morgan fingerprint density at radius 3 is 2.58 bits per heavy atom. The zero-order valence-electron chi connectivity index (χ0n) is 22.5. The zero-order chi connectivity index (χ0) is 29.1.